The number of fused-ring (bicyclic) bond motifs is 4. The molecule has 0 aromatic heterocycles. The summed E-state index contributed by atoms with van der Waals surface area (Å²) in [6.07, 6.45) is 0. The van der Waals surface area contributed by atoms with Gasteiger partial charge in [0.2, 0.25) is 0 Å². The Labute approximate surface area is 111 Å². The van der Waals surface area contributed by atoms with Gasteiger partial charge in [0, 0.05) is 16.8 Å². The molecular formula is C16H14N2O. The number of carbonyl (C=O) groups excluding carboxylic acids is 1. The van der Waals surface area contributed by atoms with Gasteiger partial charge in [-0.2, -0.15) is 0 Å². The Hall–Kier alpha value is -2.29. The van der Waals surface area contributed by atoms with Crippen LogP contribution >= 0.6 is 0 Å². The Morgan fingerprint density at radius 2 is 1.84 bits per heavy atom. The highest BCUT2D eigenvalue weighted by molar-refractivity contribution is 6.00. The summed E-state index contributed by atoms with van der Waals surface area (Å²) in [6, 6.07) is 16.0. The molecule has 2 aliphatic heterocycles. The third kappa shape index (κ3) is 1.24. The highest BCUT2D eigenvalue weighted by Gasteiger charge is 2.48. The van der Waals surface area contributed by atoms with E-state index in [-0.39, 0.29) is 5.91 Å². The van der Waals surface area contributed by atoms with E-state index >= 15 is 0 Å². The molecule has 2 aromatic rings. The van der Waals surface area contributed by atoms with Crippen molar-refractivity contribution in [2.45, 2.75) is 19.1 Å². The molecule has 94 valence electrons. The second-order valence-electron chi connectivity index (χ2n) is 5.29. The summed E-state index contributed by atoms with van der Waals surface area (Å²) in [7, 11) is 0. The maximum Gasteiger partial charge on any atom is 0.256 e. The number of carbonyl (C=O) groups is 1. The summed E-state index contributed by atoms with van der Waals surface area (Å²) in [5, 5.41) is 3.53. The lowest BCUT2D eigenvalue weighted by atomic mass is 9.96. The van der Waals surface area contributed by atoms with E-state index < -0.39 is 5.66 Å². The highest BCUT2D eigenvalue weighted by Crippen LogP contribution is 2.44. The van der Waals surface area contributed by atoms with Crippen LogP contribution in [0.4, 0.5) is 5.69 Å². The zero-order valence-electron chi connectivity index (χ0n) is 10.7. The molecule has 0 spiro atoms. The van der Waals surface area contributed by atoms with Gasteiger partial charge in [-0.3, -0.25) is 4.79 Å². The molecule has 1 N–H and O–H groups in total. The predicted molar refractivity (Wildman–Crippen MR) is 73.7 cm³/mol. The van der Waals surface area contributed by atoms with Crippen LogP contribution in [-0.2, 0) is 12.2 Å². The van der Waals surface area contributed by atoms with Crippen LogP contribution < -0.4 is 5.32 Å². The van der Waals surface area contributed by atoms with Gasteiger partial charge >= 0.3 is 0 Å². The molecule has 4 rings (SSSR count). The predicted octanol–water partition coefficient (Wildman–Crippen LogP) is 2.94. The maximum absolute atomic E-state index is 12.5. The highest BCUT2D eigenvalue weighted by atomic mass is 16.2. The van der Waals surface area contributed by atoms with Crippen molar-refractivity contribution in [1.82, 2.24) is 4.90 Å². The number of para-hydroxylation sites is 1. The average Bonchev–Trinajstić information content (AvgIpc) is 2.66. The van der Waals surface area contributed by atoms with Crippen LogP contribution in [0.15, 0.2) is 48.5 Å². The van der Waals surface area contributed by atoms with Crippen molar-refractivity contribution >= 4 is 11.6 Å². The average molecular weight is 250 g/mol. The topological polar surface area (TPSA) is 32.3 Å². The third-order valence-corrected chi connectivity index (χ3v) is 4.19. The van der Waals surface area contributed by atoms with E-state index in [2.05, 4.69) is 24.4 Å². The fourth-order valence-electron chi connectivity index (χ4n) is 3.17. The Morgan fingerprint density at radius 3 is 2.74 bits per heavy atom. The van der Waals surface area contributed by atoms with E-state index in [4.69, 9.17) is 0 Å². The molecule has 0 saturated carbocycles. The Kier molecular flexibility index (Phi) is 1.89. The summed E-state index contributed by atoms with van der Waals surface area (Å²) < 4.78 is 0. The van der Waals surface area contributed by atoms with E-state index in [1.165, 1.54) is 5.56 Å². The fourth-order valence-corrected chi connectivity index (χ4v) is 3.17. The molecule has 0 radical (unpaired) electrons. The Morgan fingerprint density at radius 1 is 1.11 bits per heavy atom. The molecule has 1 unspecified atom stereocenters. The van der Waals surface area contributed by atoms with Gasteiger partial charge in [0.25, 0.3) is 5.91 Å². The summed E-state index contributed by atoms with van der Waals surface area (Å²) >= 11 is 0. The number of hydrogen-bond donors (Lipinski definition) is 1. The number of amides is 1. The molecule has 3 nitrogen and oxygen atoms in total. The quantitative estimate of drug-likeness (QED) is 0.779. The summed E-state index contributed by atoms with van der Waals surface area (Å²) in [5.74, 6) is 0.111. The zero-order chi connectivity index (χ0) is 13.0. The lowest BCUT2D eigenvalue weighted by Gasteiger charge is -2.42. The van der Waals surface area contributed by atoms with Crippen molar-refractivity contribution in [3.8, 4) is 0 Å². The van der Waals surface area contributed by atoms with Gasteiger partial charge in [-0.25, -0.2) is 0 Å². The first-order valence-corrected chi connectivity index (χ1v) is 6.48. The molecule has 2 aromatic carbocycles. The van der Waals surface area contributed by atoms with Gasteiger partial charge in [0.1, 0.15) is 5.66 Å². The number of benzene rings is 2. The van der Waals surface area contributed by atoms with Gasteiger partial charge < -0.3 is 10.2 Å². The van der Waals surface area contributed by atoms with Crippen LogP contribution in [0, 0.1) is 0 Å². The number of hydrogen-bond acceptors (Lipinski definition) is 2. The Balaban J connectivity index is 1.93. The van der Waals surface area contributed by atoms with Gasteiger partial charge in [-0.15, -0.1) is 0 Å². The molecule has 0 bridgehead atoms. The van der Waals surface area contributed by atoms with Crippen LogP contribution in [0.2, 0.25) is 0 Å². The molecule has 0 saturated heterocycles. The van der Waals surface area contributed by atoms with Crippen molar-refractivity contribution in [3.63, 3.8) is 0 Å². The number of nitrogens with one attached hydrogen (secondary N) is 1. The van der Waals surface area contributed by atoms with Gasteiger partial charge in [0.15, 0.2) is 0 Å². The minimum absolute atomic E-state index is 0.111. The largest absolute Gasteiger partial charge is 0.359 e. The maximum atomic E-state index is 12.5. The molecule has 0 fully saturated rings. The smallest absolute Gasteiger partial charge is 0.256 e. The van der Waals surface area contributed by atoms with Crippen LogP contribution in [0.5, 0.6) is 0 Å². The van der Waals surface area contributed by atoms with Crippen molar-refractivity contribution in [3.05, 3.63) is 65.2 Å². The second-order valence-corrected chi connectivity index (χ2v) is 5.29. The monoisotopic (exact) mass is 250 g/mol. The fraction of sp³-hybridized carbons (Fsp3) is 0.188. The molecule has 1 atom stereocenters. The summed E-state index contributed by atoms with van der Waals surface area (Å²) in [6.45, 7) is 2.74. The van der Waals surface area contributed by atoms with Crippen LogP contribution in [0.3, 0.4) is 0 Å². The summed E-state index contributed by atoms with van der Waals surface area (Å²) in [5.41, 5.74) is 3.73. The molecule has 3 heteroatoms. The van der Waals surface area contributed by atoms with E-state index in [0.717, 1.165) is 16.8 Å². The van der Waals surface area contributed by atoms with Crippen molar-refractivity contribution < 1.29 is 4.79 Å². The second kappa shape index (κ2) is 3.38. The van der Waals surface area contributed by atoms with Crippen LogP contribution in [-0.4, -0.2) is 10.8 Å². The molecular weight excluding hydrogens is 236 g/mol. The lowest BCUT2D eigenvalue weighted by Crippen LogP contribution is -2.49. The first-order valence-electron chi connectivity index (χ1n) is 6.48. The first-order chi connectivity index (χ1) is 9.20. The Bertz CT molecular complexity index is 695. The number of nitrogens with zero attached hydrogens (tertiary/aromatic N) is 1. The van der Waals surface area contributed by atoms with Gasteiger partial charge in [0.05, 0.1) is 6.54 Å². The standard InChI is InChI=1S/C16H14N2O/c1-16-13-8-4-3-7-12(13)15(19)18(16)10-11-6-2-5-9-14(11)17-16/h2-9,17H,10H2,1H3. The first kappa shape index (κ1) is 10.6. The van der Waals surface area contributed by atoms with E-state index in [9.17, 15) is 4.79 Å². The molecule has 2 aliphatic rings. The molecule has 2 heterocycles. The minimum Gasteiger partial charge on any atom is -0.359 e. The van der Waals surface area contributed by atoms with Gasteiger partial charge in [-0.05, 0) is 24.6 Å². The lowest BCUT2D eigenvalue weighted by molar-refractivity contribution is 0.0594. The van der Waals surface area contributed by atoms with Crippen molar-refractivity contribution in [2.24, 2.45) is 0 Å². The van der Waals surface area contributed by atoms with Crippen LogP contribution in [0.25, 0.3) is 0 Å². The number of rotatable bonds is 0. The molecule has 19 heavy (non-hydrogen) atoms. The minimum atomic E-state index is -0.429. The zero-order valence-corrected chi connectivity index (χ0v) is 10.7. The van der Waals surface area contributed by atoms with Crippen molar-refractivity contribution in [2.75, 3.05) is 5.32 Å². The van der Waals surface area contributed by atoms with E-state index in [0.29, 0.717) is 6.54 Å². The molecule has 0 aliphatic carbocycles. The SMILES string of the molecule is CC12Nc3ccccc3CN1C(=O)c1ccccc12. The third-order valence-electron chi connectivity index (χ3n) is 4.19. The van der Waals surface area contributed by atoms with Crippen LogP contribution in [0.1, 0.15) is 28.4 Å². The van der Waals surface area contributed by atoms with Gasteiger partial charge in [-0.1, -0.05) is 36.4 Å². The van der Waals surface area contributed by atoms with E-state index in [1.807, 2.05) is 41.3 Å². The molecule has 1 amide bonds. The van der Waals surface area contributed by atoms with Crippen molar-refractivity contribution in [1.29, 1.82) is 0 Å². The summed E-state index contributed by atoms with van der Waals surface area (Å²) in [4.78, 5) is 14.4. The normalized spacial score (nSPS) is 23.4. The number of anilines is 1. The van der Waals surface area contributed by atoms with E-state index in [1.54, 1.807) is 0 Å².